The molecule has 0 aliphatic carbocycles. The molecule has 0 bridgehead atoms. The van der Waals surface area contributed by atoms with Crippen LogP contribution in [0.5, 0.6) is 0 Å². The Morgan fingerprint density at radius 3 is 2.39 bits per heavy atom. The minimum Gasteiger partial charge on any atom is -0.463 e. The highest BCUT2D eigenvalue weighted by atomic mass is 16.6. The lowest BCUT2D eigenvalue weighted by Gasteiger charge is -2.11. The van der Waals surface area contributed by atoms with Crippen molar-refractivity contribution in [3.63, 3.8) is 0 Å². The molecule has 2 rings (SSSR count). The second kappa shape index (κ2) is 7.74. The second-order valence-electron chi connectivity index (χ2n) is 4.61. The van der Waals surface area contributed by atoms with Gasteiger partial charge in [-0.05, 0) is 36.8 Å². The largest absolute Gasteiger partial charge is 0.463 e. The van der Waals surface area contributed by atoms with E-state index in [1.54, 1.807) is 19.1 Å². The van der Waals surface area contributed by atoms with Crippen molar-refractivity contribution in [2.24, 2.45) is 0 Å². The molecule has 2 aromatic rings. The summed E-state index contributed by atoms with van der Waals surface area (Å²) in [6.45, 7) is 2.00. The Morgan fingerprint density at radius 1 is 1.17 bits per heavy atom. The first-order valence-electron chi connectivity index (χ1n) is 7.05. The molecule has 23 heavy (non-hydrogen) atoms. The minimum atomic E-state index is -0.482. The van der Waals surface area contributed by atoms with Crippen molar-refractivity contribution in [1.82, 2.24) is 0 Å². The third-order valence-corrected chi connectivity index (χ3v) is 2.99. The molecule has 0 aromatic heterocycles. The number of para-hydroxylation sites is 1. The molecule has 0 unspecified atom stereocenters. The molecule has 0 atom stereocenters. The Balaban J connectivity index is 2.32. The maximum absolute atomic E-state index is 11.7. The maximum atomic E-state index is 11.7. The van der Waals surface area contributed by atoms with Crippen LogP contribution in [0.1, 0.15) is 12.5 Å². The van der Waals surface area contributed by atoms with Gasteiger partial charge < -0.3 is 10.1 Å². The molecule has 6 nitrogen and oxygen atoms in total. The number of nitro benzene ring substituents is 1. The first-order valence-corrected chi connectivity index (χ1v) is 7.05. The zero-order valence-electron chi connectivity index (χ0n) is 12.6. The number of esters is 1. The topological polar surface area (TPSA) is 81.5 Å². The summed E-state index contributed by atoms with van der Waals surface area (Å²) in [5.41, 5.74) is 1.93. The number of hydrogen-bond donors (Lipinski definition) is 1. The van der Waals surface area contributed by atoms with Gasteiger partial charge in [0.1, 0.15) is 0 Å². The van der Waals surface area contributed by atoms with E-state index in [1.165, 1.54) is 18.2 Å². The van der Waals surface area contributed by atoms with E-state index in [0.717, 1.165) is 5.69 Å². The highest BCUT2D eigenvalue weighted by Gasteiger charge is 2.09. The van der Waals surface area contributed by atoms with E-state index in [2.05, 4.69) is 5.32 Å². The molecule has 0 aliphatic heterocycles. The second-order valence-corrected chi connectivity index (χ2v) is 4.61. The summed E-state index contributed by atoms with van der Waals surface area (Å²) in [4.78, 5) is 22.0. The average Bonchev–Trinajstić information content (AvgIpc) is 2.55. The van der Waals surface area contributed by atoms with Gasteiger partial charge in [0.25, 0.3) is 5.69 Å². The molecule has 0 radical (unpaired) electrons. The van der Waals surface area contributed by atoms with Crippen LogP contribution in [0, 0.1) is 10.1 Å². The highest BCUT2D eigenvalue weighted by Crippen LogP contribution is 2.21. The molecule has 0 amide bonds. The van der Waals surface area contributed by atoms with Crippen molar-refractivity contribution in [3.8, 4) is 0 Å². The first-order chi connectivity index (χ1) is 11.1. The summed E-state index contributed by atoms with van der Waals surface area (Å²) >= 11 is 0. The van der Waals surface area contributed by atoms with E-state index in [4.69, 9.17) is 4.74 Å². The van der Waals surface area contributed by atoms with E-state index >= 15 is 0 Å². The normalized spacial score (nSPS) is 10.9. The number of hydrogen-bond acceptors (Lipinski definition) is 5. The standard InChI is InChI=1S/C17H16N2O4/c1-2-23-17(20)12-16(18-14-6-4-3-5-7-14)13-8-10-15(11-9-13)19(21)22/h3-12,18H,2H2,1H3/b16-12-. The Kier molecular flexibility index (Phi) is 5.46. The van der Waals surface area contributed by atoms with Crippen LogP contribution in [0.2, 0.25) is 0 Å². The fourth-order valence-corrected chi connectivity index (χ4v) is 1.93. The monoisotopic (exact) mass is 312 g/mol. The van der Waals surface area contributed by atoms with Crippen molar-refractivity contribution < 1.29 is 14.5 Å². The number of rotatable bonds is 6. The van der Waals surface area contributed by atoms with Crippen LogP contribution in [0.15, 0.2) is 60.7 Å². The predicted octanol–water partition coefficient (Wildman–Crippen LogP) is 3.61. The van der Waals surface area contributed by atoms with Crippen molar-refractivity contribution in [2.75, 3.05) is 11.9 Å². The van der Waals surface area contributed by atoms with Gasteiger partial charge in [0.15, 0.2) is 0 Å². The molecule has 1 N–H and O–H groups in total. The lowest BCUT2D eigenvalue weighted by Crippen LogP contribution is -2.06. The van der Waals surface area contributed by atoms with Crippen molar-refractivity contribution >= 4 is 23.0 Å². The van der Waals surface area contributed by atoms with E-state index in [0.29, 0.717) is 11.3 Å². The summed E-state index contributed by atoms with van der Waals surface area (Å²) < 4.78 is 4.93. The van der Waals surface area contributed by atoms with Gasteiger partial charge in [-0.3, -0.25) is 10.1 Å². The molecule has 118 valence electrons. The number of nitrogens with one attached hydrogen (secondary N) is 1. The Hall–Kier alpha value is -3.15. The Bertz CT molecular complexity index is 709. The van der Waals surface area contributed by atoms with Gasteiger partial charge in [-0.2, -0.15) is 0 Å². The molecule has 0 heterocycles. The number of benzene rings is 2. The number of anilines is 1. The fourth-order valence-electron chi connectivity index (χ4n) is 1.93. The third kappa shape index (κ3) is 4.67. The van der Waals surface area contributed by atoms with Crippen molar-refractivity contribution in [2.45, 2.75) is 6.92 Å². The first kappa shape index (κ1) is 16.2. The van der Waals surface area contributed by atoms with Gasteiger partial charge in [0, 0.05) is 23.9 Å². The molecule has 0 spiro atoms. The van der Waals surface area contributed by atoms with Crippen LogP contribution in [0.3, 0.4) is 0 Å². The number of nitrogens with zero attached hydrogens (tertiary/aromatic N) is 1. The van der Waals surface area contributed by atoms with Crippen LogP contribution < -0.4 is 5.32 Å². The summed E-state index contributed by atoms with van der Waals surface area (Å²) in [5, 5.41) is 13.9. The van der Waals surface area contributed by atoms with Gasteiger partial charge >= 0.3 is 5.97 Å². The van der Waals surface area contributed by atoms with E-state index in [9.17, 15) is 14.9 Å². The predicted molar refractivity (Wildman–Crippen MR) is 87.8 cm³/mol. The molecule has 0 saturated heterocycles. The quantitative estimate of drug-likeness (QED) is 0.381. The van der Waals surface area contributed by atoms with E-state index < -0.39 is 10.9 Å². The molecule has 0 aliphatic rings. The molecule has 0 fully saturated rings. The minimum absolute atomic E-state index is 0.0102. The summed E-state index contributed by atoms with van der Waals surface area (Å²) in [6.07, 6.45) is 1.33. The Morgan fingerprint density at radius 2 is 1.83 bits per heavy atom. The van der Waals surface area contributed by atoms with Crippen LogP contribution in [0.25, 0.3) is 5.70 Å². The van der Waals surface area contributed by atoms with E-state index in [1.807, 2.05) is 30.3 Å². The highest BCUT2D eigenvalue weighted by molar-refractivity contribution is 5.94. The summed E-state index contributed by atoms with van der Waals surface area (Å²) in [5.74, 6) is -0.482. The zero-order chi connectivity index (χ0) is 16.7. The van der Waals surface area contributed by atoms with Crippen LogP contribution in [0.4, 0.5) is 11.4 Å². The van der Waals surface area contributed by atoms with Crippen LogP contribution >= 0.6 is 0 Å². The smallest absolute Gasteiger partial charge is 0.332 e. The third-order valence-electron chi connectivity index (χ3n) is 2.99. The number of ether oxygens (including phenoxy) is 1. The SMILES string of the molecule is CCOC(=O)/C=C(\Nc1ccccc1)c1ccc([N+](=O)[O-])cc1. The lowest BCUT2D eigenvalue weighted by atomic mass is 10.1. The average molecular weight is 312 g/mol. The van der Waals surface area contributed by atoms with Gasteiger partial charge in [0.05, 0.1) is 17.2 Å². The van der Waals surface area contributed by atoms with Crippen molar-refractivity contribution in [3.05, 3.63) is 76.4 Å². The van der Waals surface area contributed by atoms with Crippen LogP contribution in [-0.4, -0.2) is 17.5 Å². The van der Waals surface area contributed by atoms with Crippen LogP contribution in [-0.2, 0) is 9.53 Å². The maximum Gasteiger partial charge on any atom is 0.332 e. The molecule has 0 saturated carbocycles. The van der Waals surface area contributed by atoms with E-state index in [-0.39, 0.29) is 12.3 Å². The van der Waals surface area contributed by atoms with Gasteiger partial charge in [-0.15, -0.1) is 0 Å². The van der Waals surface area contributed by atoms with Gasteiger partial charge in [-0.1, -0.05) is 18.2 Å². The lowest BCUT2D eigenvalue weighted by molar-refractivity contribution is -0.384. The van der Waals surface area contributed by atoms with Crippen molar-refractivity contribution in [1.29, 1.82) is 0 Å². The molecule has 2 aromatic carbocycles. The summed E-state index contributed by atoms with van der Waals surface area (Å²) in [6, 6.07) is 15.3. The van der Waals surface area contributed by atoms with Gasteiger partial charge in [-0.25, -0.2) is 4.79 Å². The zero-order valence-corrected chi connectivity index (χ0v) is 12.6. The molecule has 6 heteroatoms. The summed E-state index contributed by atoms with van der Waals surface area (Å²) in [7, 11) is 0. The number of non-ortho nitro benzene ring substituents is 1. The number of nitro groups is 1. The Labute approximate surface area is 133 Å². The molecular weight excluding hydrogens is 296 g/mol. The molecular formula is C17H16N2O4. The number of carbonyl (C=O) groups is 1. The number of carbonyl (C=O) groups excluding carboxylic acids is 1. The van der Waals surface area contributed by atoms with Gasteiger partial charge in [0.2, 0.25) is 0 Å². The fraction of sp³-hybridized carbons (Fsp3) is 0.118.